The number of alkyl halides is 3. The number of fused-ring (bicyclic) bond motifs is 2. The van der Waals surface area contributed by atoms with Crippen molar-refractivity contribution in [1.82, 2.24) is 0 Å². The second-order valence-corrected chi connectivity index (χ2v) is 6.67. The lowest BCUT2D eigenvalue weighted by molar-refractivity contribution is -0.137. The first-order chi connectivity index (χ1) is 7.94. The Morgan fingerprint density at radius 3 is 2.29 bits per heavy atom. The van der Waals surface area contributed by atoms with Gasteiger partial charge in [0.05, 0.1) is 0 Å². The second-order valence-electron chi connectivity index (χ2n) is 5.06. The summed E-state index contributed by atoms with van der Waals surface area (Å²) < 4.78 is 35.9. The molecule has 2 heterocycles. The van der Waals surface area contributed by atoms with E-state index in [2.05, 4.69) is 0 Å². The minimum absolute atomic E-state index is 0.0404. The van der Waals surface area contributed by atoms with E-state index in [9.17, 15) is 18.0 Å². The fourth-order valence-electron chi connectivity index (χ4n) is 2.79. The Hall–Kier alpha value is -0.190. The van der Waals surface area contributed by atoms with Crippen molar-refractivity contribution >= 4 is 17.5 Å². The summed E-state index contributed by atoms with van der Waals surface area (Å²) in [5.74, 6) is 0.105. The molecule has 0 spiro atoms. The Labute approximate surface area is 104 Å². The van der Waals surface area contributed by atoms with Gasteiger partial charge in [-0.25, -0.2) is 0 Å². The molecule has 2 fully saturated rings. The zero-order chi connectivity index (χ0) is 12.5. The van der Waals surface area contributed by atoms with Crippen LogP contribution in [0.3, 0.4) is 0 Å². The van der Waals surface area contributed by atoms with Crippen LogP contribution in [0.25, 0.3) is 0 Å². The highest BCUT2D eigenvalue weighted by Gasteiger charge is 2.37. The molecule has 98 valence electrons. The largest absolute Gasteiger partial charge is 0.389 e. The zero-order valence-electron chi connectivity index (χ0n) is 9.63. The van der Waals surface area contributed by atoms with Gasteiger partial charge in [0.15, 0.2) is 0 Å². The van der Waals surface area contributed by atoms with Crippen LogP contribution in [0.4, 0.5) is 13.2 Å². The predicted molar refractivity (Wildman–Crippen MR) is 62.0 cm³/mol. The van der Waals surface area contributed by atoms with Gasteiger partial charge in [-0.1, -0.05) is 0 Å². The minimum Gasteiger partial charge on any atom is -0.299 e. The van der Waals surface area contributed by atoms with Crippen molar-refractivity contribution in [2.45, 2.75) is 61.6 Å². The van der Waals surface area contributed by atoms with Crippen molar-refractivity contribution in [1.29, 1.82) is 0 Å². The van der Waals surface area contributed by atoms with Crippen molar-refractivity contribution in [2.24, 2.45) is 5.92 Å². The molecule has 0 radical (unpaired) electrons. The van der Waals surface area contributed by atoms with Gasteiger partial charge in [-0.15, -0.1) is 0 Å². The van der Waals surface area contributed by atoms with Gasteiger partial charge in [-0.05, 0) is 32.1 Å². The SMILES string of the molecule is O=C(CCCC(F)(F)F)C1CC2CCC(C1)S2. The van der Waals surface area contributed by atoms with Crippen LogP contribution in [-0.4, -0.2) is 22.5 Å². The number of ketones is 1. The Morgan fingerprint density at radius 1 is 1.18 bits per heavy atom. The molecule has 0 N–H and O–H groups in total. The molecular formula is C12H17F3OS. The molecular weight excluding hydrogens is 249 g/mol. The molecule has 0 aromatic carbocycles. The van der Waals surface area contributed by atoms with E-state index in [1.54, 1.807) is 0 Å². The molecule has 1 nitrogen and oxygen atoms in total. The fourth-order valence-corrected chi connectivity index (χ4v) is 4.56. The van der Waals surface area contributed by atoms with Crippen LogP contribution in [0.2, 0.25) is 0 Å². The maximum atomic E-state index is 12.0. The highest BCUT2D eigenvalue weighted by atomic mass is 32.2. The van der Waals surface area contributed by atoms with Crippen molar-refractivity contribution < 1.29 is 18.0 Å². The van der Waals surface area contributed by atoms with Gasteiger partial charge >= 0.3 is 6.18 Å². The topological polar surface area (TPSA) is 17.1 Å². The summed E-state index contributed by atoms with van der Waals surface area (Å²) in [4.78, 5) is 11.8. The van der Waals surface area contributed by atoms with Gasteiger partial charge in [0, 0.05) is 29.3 Å². The molecule has 2 bridgehead atoms. The Bertz CT molecular complexity index is 278. The molecule has 2 saturated heterocycles. The van der Waals surface area contributed by atoms with Gasteiger partial charge in [-0.3, -0.25) is 4.79 Å². The van der Waals surface area contributed by atoms with Crippen molar-refractivity contribution in [2.75, 3.05) is 0 Å². The molecule has 0 aliphatic carbocycles. The Balaban J connectivity index is 1.73. The molecule has 2 unspecified atom stereocenters. The van der Waals surface area contributed by atoms with E-state index in [1.165, 1.54) is 12.8 Å². The first-order valence-electron chi connectivity index (χ1n) is 6.19. The average molecular weight is 266 g/mol. The lowest BCUT2D eigenvalue weighted by atomic mass is 9.91. The van der Waals surface area contributed by atoms with Crippen molar-refractivity contribution in [3.63, 3.8) is 0 Å². The van der Waals surface area contributed by atoms with Gasteiger partial charge in [-0.2, -0.15) is 24.9 Å². The number of thioether (sulfide) groups is 1. The number of rotatable bonds is 4. The third-order valence-corrected chi connectivity index (χ3v) is 5.26. The van der Waals surface area contributed by atoms with Crippen LogP contribution in [-0.2, 0) is 4.79 Å². The molecule has 2 aliphatic rings. The lowest BCUT2D eigenvalue weighted by Crippen LogP contribution is -2.24. The summed E-state index contributed by atoms with van der Waals surface area (Å²) in [7, 11) is 0. The lowest BCUT2D eigenvalue weighted by Gasteiger charge is -2.26. The first kappa shape index (κ1) is 13.2. The number of halogens is 3. The van der Waals surface area contributed by atoms with E-state index in [4.69, 9.17) is 0 Å². The number of hydrogen-bond donors (Lipinski definition) is 0. The van der Waals surface area contributed by atoms with Gasteiger partial charge in [0.1, 0.15) is 5.78 Å². The third-order valence-electron chi connectivity index (χ3n) is 3.63. The molecule has 0 aromatic rings. The van der Waals surface area contributed by atoms with Crippen LogP contribution in [0.15, 0.2) is 0 Å². The zero-order valence-corrected chi connectivity index (χ0v) is 10.4. The molecule has 2 rings (SSSR count). The molecule has 5 heteroatoms. The summed E-state index contributed by atoms with van der Waals surface area (Å²) in [5.41, 5.74) is 0. The van der Waals surface area contributed by atoms with E-state index >= 15 is 0 Å². The van der Waals surface area contributed by atoms with Gasteiger partial charge in [0.25, 0.3) is 0 Å². The van der Waals surface area contributed by atoms with Crippen LogP contribution < -0.4 is 0 Å². The number of carbonyl (C=O) groups is 1. The van der Waals surface area contributed by atoms with E-state index in [0.717, 1.165) is 12.8 Å². The normalized spacial score (nSPS) is 32.8. The Kier molecular flexibility index (Phi) is 4.06. The minimum atomic E-state index is -4.12. The summed E-state index contributed by atoms with van der Waals surface area (Å²) in [5, 5.41) is 1.18. The Morgan fingerprint density at radius 2 is 1.76 bits per heavy atom. The van der Waals surface area contributed by atoms with Crippen LogP contribution in [0.1, 0.15) is 44.9 Å². The number of carbonyl (C=O) groups excluding carboxylic acids is 1. The molecule has 2 atom stereocenters. The van der Waals surface area contributed by atoms with Crippen molar-refractivity contribution in [3.8, 4) is 0 Å². The van der Waals surface area contributed by atoms with Crippen LogP contribution >= 0.6 is 11.8 Å². The van der Waals surface area contributed by atoms with Gasteiger partial charge < -0.3 is 0 Å². The molecule has 17 heavy (non-hydrogen) atoms. The highest BCUT2D eigenvalue weighted by molar-refractivity contribution is 8.00. The fraction of sp³-hybridized carbons (Fsp3) is 0.917. The maximum absolute atomic E-state index is 12.0. The van der Waals surface area contributed by atoms with E-state index in [0.29, 0.717) is 10.5 Å². The highest BCUT2D eigenvalue weighted by Crippen LogP contribution is 2.46. The number of Topliss-reactive ketones (excluding diaryl/α,β-unsaturated/α-hetero) is 1. The summed E-state index contributed by atoms with van der Waals surface area (Å²) >= 11 is 1.97. The van der Waals surface area contributed by atoms with Crippen molar-refractivity contribution in [3.05, 3.63) is 0 Å². The monoisotopic (exact) mass is 266 g/mol. The summed E-state index contributed by atoms with van der Waals surface area (Å²) in [6.07, 6.45) is -0.730. The third kappa shape index (κ3) is 3.90. The molecule has 0 aromatic heterocycles. The number of hydrogen-bond acceptors (Lipinski definition) is 2. The summed E-state index contributed by atoms with van der Waals surface area (Å²) in [6, 6.07) is 0. The molecule has 2 aliphatic heterocycles. The second kappa shape index (κ2) is 5.21. The maximum Gasteiger partial charge on any atom is 0.389 e. The molecule has 0 amide bonds. The first-order valence-corrected chi connectivity index (χ1v) is 7.13. The smallest absolute Gasteiger partial charge is 0.299 e. The predicted octanol–water partition coefficient (Wildman–Crippen LogP) is 3.96. The molecule has 0 saturated carbocycles. The quantitative estimate of drug-likeness (QED) is 0.766. The van der Waals surface area contributed by atoms with Crippen LogP contribution in [0.5, 0.6) is 0 Å². The standard InChI is InChI=1S/C12H17F3OS/c13-12(14,15)5-1-2-11(16)8-6-9-3-4-10(7-8)17-9/h8-10H,1-7H2. The van der Waals surface area contributed by atoms with Gasteiger partial charge in [0.2, 0.25) is 0 Å². The van der Waals surface area contributed by atoms with Crippen LogP contribution in [0, 0.1) is 5.92 Å². The van der Waals surface area contributed by atoms with E-state index < -0.39 is 12.6 Å². The average Bonchev–Trinajstić information content (AvgIpc) is 2.55. The van der Waals surface area contributed by atoms with E-state index in [1.807, 2.05) is 11.8 Å². The summed E-state index contributed by atoms with van der Waals surface area (Å²) in [6.45, 7) is 0. The van der Waals surface area contributed by atoms with E-state index in [-0.39, 0.29) is 24.5 Å².